The zero-order valence-corrected chi connectivity index (χ0v) is 12.7. The van der Waals surface area contributed by atoms with E-state index in [1.165, 1.54) is 4.90 Å². The summed E-state index contributed by atoms with van der Waals surface area (Å²) >= 11 is 0. The second kappa shape index (κ2) is 7.36. The van der Waals surface area contributed by atoms with Crippen molar-refractivity contribution in [3.8, 4) is 0 Å². The second-order valence-electron chi connectivity index (χ2n) is 4.98. The number of carbonyl (C=O) groups is 2. The number of carbonyl (C=O) groups excluding carboxylic acids is 2. The van der Waals surface area contributed by atoms with E-state index in [4.69, 9.17) is 0 Å². The summed E-state index contributed by atoms with van der Waals surface area (Å²) in [4.78, 5) is 29.8. The Labute approximate surface area is 130 Å². The van der Waals surface area contributed by atoms with Gasteiger partial charge in [-0.3, -0.25) is 9.59 Å². The summed E-state index contributed by atoms with van der Waals surface area (Å²) in [7, 11) is 0. The van der Waals surface area contributed by atoms with Gasteiger partial charge in [0.1, 0.15) is 5.82 Å². The predicted molar refractivity (Wildman–Crippen MR) is 85.1 cm³/mol. The maximum atomic E-state index is 12.2. The Morgan fingerprint density at radius 1 is 1.14 bits per heavy atom. The number of amides is 2. The van der Waals surface area contributed by atoms with E-state index in [-0.39, 0.29) is 0 Å². The molecule has 1 aromatic heterocycles. The highest BCUT2D eigenvalue weighted by molar-refractivity contribution is 6.39. The first-order valence-corrected chi connectivity index (χ1v) is 7.17. The van der Waals surface area contributed by atoms with Crippen LogP contribution in [0.15, 0.2) is 48.7 Å². The summed E-state index contributed by atoms with van der Waals surface area (Å²) in [6.07, 6.45) is 1.64. The molecule has 0 spiro atoms. The van der Waals surface area contributed by atoms with Gasteiger partial charge in [0.05, 0.1) is 0 Å². The average molecular weight is 297 g/mol. The number of likely N-dealkylation sites (N-methyl/N-ethyl adjacent to an activating group) is 1. The molecule has 5 heteroatoms. The molecule has 0 aliphatic rings. The lowest BCUT2D eigenvalue weighted by atomic mass is 10.2. The lowest BCUT2D eigenvalue weighted by Crippen LogP contribution is -2.39. The van der Waals surface area contributed by atoms with Crippen molar-refractivity contribution in [1.29, 1.82) is 0 Å². The van der Waals surface area contributed by atoms with Gasteiger partial charge in [0.2, 0.25) is 0 Å². The van der Waals surface area contributed by atoms with E-state index >= 15 is 0 Å². The van der Waals surface area contributed by atoms with Gasteiger partial charge in [-0.1, -0.05) is 36.4 Å². The van der Waals surface area contributed by atoms with Gasteiger partial charge in [-0.15, -0.1) is 0 Å². The summed E-state index contributed by atoms with van der Waals surface area (Å²) in [6, 6.07) is 13.1. The van der Waals surface area contributed by atoms with Crippen LogP contribution in [-0.2, 0) is 16.1 Å². The van der Waals surface area contributed by atoms with Crippen LogP contribution in [0.4, 0.5) is 5.82 Å². The molecule has 2 aromatic rings. The van der Waals surface area contributed by atoms with E-state index in [9.17, 15) is 9.59 Å². The number of rotatable bonds is 4. The molecule has 2 amide bonds. The Hall–Kier alpha value is -2.69. The van der Waals surface area contributed by atoms with Gasteiger partial charge >= 0.3 is 11.8 Å². The van der Waals surface area contributed by atoms with E-state index < -0.39 is 11.8 Å². The minimum atomic E-state index is -0.672. The normalized spacial score (nSPS) is 10.1. The zero-order chi connectivity index (χ0) is 15.9. The Balaban J connectivity index is 2.01. The van der Waals surface area contributed by atoms with Crippen LogP contribution >= 0.6 is 0 Å². The summed E-state index contributed by atoms with van der Waals surface area (Å²) in [5.74, 6) is -0.859. The number of nitrogens with zero attached hydrogens (tertiary/aromatic N) is 2. The van der Waals surface area contributed by atoms with E-state index in [0.717, 1.165) is 11.1 Å². The van der Waals surface area contributed by atoms with Crippen molar-refractivity contribution in [1.82, 2.24) is 9.88 Å². The first-order valence-electron chi connectivity index (χ1n) is 7.17. The molecule has 0 saturated heterocycles. The van der Waals surface area contributed by atoms with Crippen molar-refractivity contribution >= 4 is 17.6 Å². The summed E-state index contributed by atoms with van der Waals surface area (Å²) in [6.45, 7) is 4.62. The standard InChI is InChI=1S/C17H19N3O2/c1-3-20(12-14-7-5-4-6-8-14)17(22)16(21)19-15-10-9-13(2)11-18-15/h4-11H,3,12H2,1-2H3,(H,18,19,21). The van der Waals surface area contributed by atoms with Crippen LogP contribution in [0.5, 0.6) is 0 Å². The van der Waals surface area contributed by atoms with Crippen LogP contribution in [-0.4, -0.2) is 28.2 Å². The van der Waals surface area contributed by atoms with Crippen molar-refractivity contribution in [2.75, 3.05) is 11.9 Å². The van der Waals surface area contributed by atoms with Crippen LogP contribution in [0.3, 0.4) is 0 Å². The second-order valence-corrected chi connectivity index (χ2v) is 4.98. The quantitative estimate of drug-likeness (QED) is 0.881. The number of hydrogen-bond acceptors (Lipinski definition) is 3. The number of nitrogens with one attached hydrogen (secondary N) is 1. The highest BCUT2D eigenvalue weighted by Crippen LogP contribution is 2.07. The Morgan fingerprint density at radius 2 is 1.86 bits per heavy atom. The van der Waals surface area contributed by atoms with E-state index in [2.05, 4.69) is 10.3 Å². The third kappa shape index (κ3) is 4.15. The maximum Gasteiger partial charge on any atom is 0.315 e. The van der Waals surface area contributed by atoms with Crippen LogP contribution in [0.1, 0.15) is 18.1 Å². The molecule has 0 bridgehead atoms. The number of aromatic nitrogens is 1. The van der Waals surface area contributed by atoms with Crippen LogP contribution in [0.2, 0.25) is 0 Å². The highest BCUT2D eigenvalue weighted by Gasteiger charge is 2.21. The molecule has 2 rings (SSSR count). The van der Waals surface area contributed by atoms with E-state index in [1.54, 1.807) is 12.3 Å². The van der Waals surface area contributed by atoms with Crippen molar-refractivity contribution in [3.05, 3.63) is 59.8 Å². The van der Waals surface area contributed by atoms with Crippen molar-refractivity contribution in [2.45, 2.75) is 20.4 Å². The zero-order valence-electron chi connectivity index (χ0n) is 12.7. The maximum absolute atomic E-state index is 12.2. The molecule has 0 fully saturated rings. The third-order valence-corrected chi connectivity index (χ3v) is 3.23. The molecule has 0 saturated carbocycles. The van der Waals surface area contributed by atoms with Crippen LogP contribution in [0.25, 0.3) is 0 Å². The van der Waals surface area contributed by atoms with E-state index in [0.29, 0.717) is 18.9 Å². The molecule has 0 atom stereocenters. The summed E-state index contributed by atoms with van der Waals surface area (Å²) < 4.78 is 0. The molecule has 0 unspecified atom stereocenters. The lowest BCUT2D eigenvalue weighted by molar-refractivity contribution is -0.143. The fourth-order valence-electron chi connectivity index (χ4n) is 1.99. The predicted octanol–water partition coefficient (Wildman–Crippen LogP) is 2.38. The smallest absolute Gasteiger partial charge is 0.315 e. The number of hydrogen-bond donors (Lipinski definition) is 1. The molecule has 1 heterocycles. The summed E-state index contributed by atoms with van der Waals surface area (Å²) in [5.41, 5.74) is 1.97. The monoisotopic (exact) mass is 297 g/mol. The number of anilines is 1. The van der Waals surface area contributed by atoms with E-state index in [1.807, 2.05) is 50.2 Å². The van der Waals surface area contributed by atoms with Crippen molar-refractivity contribution < 1.29 is 9.59 Å². The summed E-state index contributed by atoms with van der Waals surface area (Å²) in [5, 5.41) is 2.53. The van der Waals surface area contributed by atoms with Gasteiger partial charge < -0.3 is 10.2 Å². The van der Waals surface area contributed by atoms with Crippen molar-refractivity contribution in [2.24, 2.45) is 0 Å². The Kier molecular flexibility index (Phi) is 5.25. The molecule has 0 aliphatic carbocycles. The molecular formula is C17H19N3O2. The minimum absolute atomic E-state index is 0.375. The topological polar surface area (TPSA) is 62.3 Å². The Bertz CT molecular complexity index is 639. The molecule has 0 radical (unpaired) electrons. The first-order chi connectivity index (χ1) is 10.6. The highest BCUT2D eigenvalue weighted by atomic mass is 16.2. The van der Waals surface area contributed by atoms with Gasteiger partial charge in [0.15, 0.2) is 0 Å². The number of benzene rings is 1. The molecule has 114 valence electrons. The van der Waals surface area contributed by atoms with Gasteiger partial charge in [-0.25, -0.2) is 4.98 Å². The SMILES string of the molecule is CCN(Cc1ccccc1)C(=O)C(=O)Nc1ccc(C)cn1. The van der Waals surface area contributed by atoms with Crippen LogP contribution < -0.4 is 5.32 Å². The third-order valence-electron chi connectivity index (χ3n) is 3.23. The number of aryl methyl sites for hydroxylation is 1. The molecule has 5 nitrogen and oxygen atoms in total. The van der Waals surface area contributed by atoms with Crippen LogP contribution in [0, 0.1) is 6.92 Å². The van der Waals surface area contributed by atoms with Crippen molar-refractivity contribution in [3.63, 3.8) is 0 Å². The minimum Gasteiger partial charge on any atom is -0.330 e. The lowest BCUT2D eigenvalue weighted by Gasteiger charge is -2.20. The molecule has 1 aromatic carbocycles. The molecule has 1 N–H and O–H groups in total. The van der Waals surface area contributed by atoms with Gasteiger partial charge in [-0.2, -0.15) is 0 Å². The largest absolute Gasteiger partial charge is 0.330 e. The Morgan fingerprint density at radius 3 is 2.45 bits per heavy atom. The van der Waals surface area contributed by atoms with Gasteiger partial charge in [0.25, 0.3) is 0 Å². The molecular weight excluding hydrogens is 278 g/mol. The fraction of sp³-hybridized carbons (Fsp3) is 0.235. The van der Waals surface area contributed by atoms with Gasteiger partial charge in [-0.05, 0) is 31.0 Å². The number of pyridine rings is 1. The molecule has 22 heavy (non-hydrogen) atoms. The molecule has 0 aliphatic heterocycles. The van der Waals surface area contributed by atoms with Gasteiger partial charge in [0, 0.05) is 19.3 Å². The average Bonchev–Trinajstić information content (AvgIpc) is 2.55. The first kappa shape index (κ1) is 15.7. The fourth-order valence-corrected chi connectivity index (χ4v) is 1.99.